The first-order valence-electron chi connectivity index (χ1n) is 6.05. The molecule has 0 radical (unpaired) electrons. The van der Waals surface area contributed by atoms with Crippen LogP contribution in [0.25, 0.3) is 0 Å². The molecule has 3 nitrogen and oxygen atoms in total. The molecule has 0 saturated carbocycles. The molecule has 1 rings (SSSR count). The van der Waals surface area contributed by atoms with Gasteiger partial charge in [-0.25, -0.2) is 0 Å². The highest BCUT2D eigenvalue weighted by atomic mass is 16.5. The number of methoxy groups -OCH3 is 1. The van der Waals surface area contributed by atoms with Crippen molar-refractivity contribution in [2.45, 2.75) is 44.8 Å². The van der Waals surface area contributed by atoms with Crippen LogP contribution in [0, 0.1) is 5.92 Å². The predicted octanol–water partition coefficient (Wildman–Crippen LogP) is 1.82. The molecule has 1 saturated heterocycles. The molecule has 3 atom stereocenters. The van der Waals surface area contributed by atoms with Crippen LogP contribution in [-0.4, -0.2) is 39.5 Å². The van der Waals surface area contributed by atoms with Crippen molar-refractivity contribution >= 4 is 0 Å². The van der Waals surface area contributed by atoms with Crippen LogP contribution in [0.15, 0.2) is 0 Å². The maximum atomic E-state index is 5.67. The molecule has 0 aromatic heterocycles. The molecule has 3 unspecified atom stereocenters. The smallest absolute Gasteiger partial charge is 0.0590 e. The summed E-state index contributed by atoms with van der Waals surface area (Å²) in [5.74, 6) is 0.652. The van der Waals surface area contributed by atoms with Gasteiger partial charge in [-0.15, -0.1) is 0 Å². The first kappa shape index (κ1) is 12.9. The molecule has 0 aliphatic carbocycles. The van der Waals surface area contributed by atoms with E-state index in [-0.39, 0.29) is 0 Å². The zero-order valence-corrected chi connectivity index (χ0v) is 10.3. The second-order valence-corrected chi connectivity index (χ2v) is 4.52. The van der Waals surface area contributed by atoms with E-state index in [1.807, 2.05) is 7.05 Å². The lowest BCUT2D eigenvalue weighted by molar-refractivity contribution is 0.0849. The fourth-order valence-corrected chi connectivity index (χ4v) is 2.25. The first-order valence-corrected chi connectivity index (χ1v) is 6.05. The van der Waals surface area contributed by atoms with Gasteiger partial charge in [0.1, 0.15) is 0 Å². The Morgan fingerprint density at radius 2 is 2.33 bits per heavy atom. The Morgan fingerprint density at radius 1 is 1.53 bits per heavy atom. The molecule has 1 aliphatic rings. The number of hydrogen-bond acceptors (Lipinski definition) is 3. The molecule has 0 bridgehead atoms. The van der Waals surface area contributed by atoms with E-state index in [0.717, 1.165) is 26.1 Å². The van der Waals surface area contributed by atoms with E-state index in [1.54, 1.807) is 7.11 Å². The van der Waals surface area contributed by atoms with Gasteiger partial charge < -0.3 is 14.8 Å². The van der Waals surface area contributed by atoms with Crippen LogP contribution >= 0.6 is 0 Å². The van der Waals surface area contributed by atoms with Crippen molar-refractivity contribution in [3.05, 3.63) is 0 Å². The maximum Gasteiger partial charge on any atom is 0.0590 e. The molecule has 1 N–H and O–H groups in total. The van der Waals surface area contributed by atoms with Crippen LogP contribution in [0.2, 0.25) is 0 Å². The summed E-state index contributed by atoms with van der Waals surface area (Å²) in [6, 6.07) is 0.559. The van der Waals surface area contributed by atoms with Gasteiger partial charge in [-0.05, 0) is 38.6 Å². The SMILES string of the molecule is CNC(CC1CCCO1)C(C)CCOC. The Kier molecular flexibility index (Phi) is 6.22. The normalized spacial score (nSPS) is 25.4. The molecule has 1 heterocycles. The highest BCUT2D eigenvalue weighted by Gasteiger charge is 2.23. The molecule has 90 valence electrons. The van der Waals surface area contributed by atoms with Gasteiger partial charge in [-0.3, -0.25) is 0 Å². The molecule has 1 aliphatic heterocycles. The third-order valence-corrected chi connectivity index (χ3v) is 3.38. The second kappa shape index (κ2) is 7.20. The van der Waals surface area contributed by atoms with E-state index in [1.165, 1.54) is 12.8 Å². The second-order valence-electron chi connectivity index (χ2n) is 4.52. The molecule has 0 aromatic carbocycles. The number of rotatable bonds is 7. The summed E-state index contributed by atoms with van der Waals surface area (Å²) >= 11 is 0. The van der Waals surface area contributed by atoms with E-state index < -0.39 is 0 Å². The summed E-state index contributed by atoms with van der Waals surface area (Å²) < 4.78 is 10.8. The first-order chi connectivity index (χ1) is 7.27. The van der Waals surface area contributed by atoms with E-state index in [0.29, 0.717) is 18.1 Å². The maximum absolute atomic E-state index is 5.67. The average molecular weight is 215 g/mol. The summed E-state index contributed by atoms with van der Waals surface area (Å²) in [6.07, 6.45) is 5.20. The Hall–Kier alpha value is -0.120. The highest BCUT2D eigenvalue weighted by Crippen LogP contribution is 2.21. The van der Waals surface area contributed by atoms with Crippen molar-refractivity contribution in [1.82, 2.24) is 5.32 Å². The number of hydrogen-bond donors (Lipinski definition) is 1. The van der Waals surface area contributed by atoms with Crippen molar-refractivity contribution in [1.29, 1.82) is 0 Å². The van der Waals surface area contributed by atoms with Crippen LogP contribution in [0.1, 0.15) is 32.6 Å². The number of nitrogens with one attached hydrogen (secondary N) is 1. The zero-order valence-electron chi connectivity index (χ0n) is 10.3. The molecule has 0 spiro atoms. The van der Waals surface area contributed by atoms with Gasteiger partial charge in [-0.2, -0.15) is 0 Å². The predicted molar refractivity (Wildman–Crippen MR) is 62.1 cm³/mol. The van der Waals surface area contributed by atoms with E-state index in [2.05, 4.69) is 12.2 Å². The Bertz CT molecular complexity index is 158. The fraction of sp³-hybridized carbons (Fsp3) is 1.00. The zero-order chi connectivity index (χ0) is 11.1. The highest BCUT2D eigenvalue weighted by molar-refractivity contribution is 4.78. The minimum atomic E-state index is 0.479. The third kappa shape index (κ3) is 4.49. The monoisotopic (exact) mass is 215 g/mol. The van der Waals surface area contributed by atoms with Gasteiger partial charge in [0, 0.05) is 26.4 Å². The van der Waals surface area contributed by atoms with Gasteiger partial charge in [-0.1, -0.05) is 6.92 Å². The Balaban J connectivity index is 2.26. The Morgan fingerprint density at radius 3 is 2.87 bits per heavy atom. The minimum absolute atomic E-state index is 0.479. The number of ether oxygens (including phenoxy) is 2. The van der Waals surface area contributed by atoms with Crippen molar-refractivity contribution in [3.8, 4) is 0 Å². The summed E-state index contributed by atoms with van der Waals surface area (Å²) in [5.41, 5.74) is 0. The lowest BCUT2D eigenvalue weighted by atomic mass is 9.93. The summed E-state index contributed by atoms with van der Waals surface area (Å²) in [5, 5.41) is 3.40. The molecular formula is C12H25NO2. The molecule has 0 amide bonds. The quantitative estimate of drug-likeness (QED) is 0.702. The van der Waals surface area contributed by atoms with Gasteiger partial charge >= 0.3 is 0 Å². The van der Waals surface area contributed by atoms with Crippen molar-refractivity contribution in [3.63, 3.8) is 0 Å². The average Bonchev–Trinajstić information content (AvgIpc) is 2.75. The van der Waals surface area contributed by atoms with Crippen molar-refractivity contribution in [2.75, 3.05) is 27.4 Å². The topological polar surface area (TPSA) is 30.5 Å². The van der Waals surface area contributed by atoms with E-state index in [9.17, 15) is 0 Å². The van der Waals surface area contributed by atoms with E-state index in [4.69, 9.17) is 9.47 Å². The largest absolute Gasteiger partial charge is 0.385 e. The van der Waals surface area contributed by atoms with Gasteiger partial charge in [0.25, 0.3) is 0 Å². The van der Waals surface area contributed by atoms with Gasteiger partial charge in [0.2, 0.25) is 0 Å². The minimum Gasteiger partial charge on any atom is -0.385 e. The lowest BCUT2D eigenvalue weighted by Gasteiger charge is -2.25. The van der Waals surface area contributed by atoms with Crippen LogP contribution < -0.4 is 5.32 Å². The molecule has 3 heteroatoms. The van der Waals surface area contributed by atoms with Gasteiger partial charge in [0.15, 0.2) is 0 Å². The molecule has 1 fully saturated rings. The van der Waals surface area contributed by atoms with Gasteiger partial charge in [0.05, 0.1) is 6.10 Å². The van der Waals surface area contributed by atoms with Crippen LogP contribution in [0.5, 0.6) is 0 Å². The lowest BCUT2D eigenvalue weighted by Crippen LogP contribution is -2.36. The van der Waals surface area contributed by atoms with E-state index >= 15 is 0 Å². The van der Waals surface area contributed by atoms with Crippen LogP contribution in [0.3, 0.4) is 0 Å². The summed E-state index contributed by atoms with van der Waals surface area (Å²) in [7, 11) is 3.81. The van der Waals surface area contributed by atoms with Crippen LogP contribution in [-0.2, 0) is 9.47 Å². The summed E-state index contributed by atoms with van der Waals surface area (Å²) in [6.45, 7) is 4.09. The third-order valence-electron chi connectivity index (χ3n) is 3.38. The molecule has 0 aromatic rings. The summed E-state index contributed by atoms with van der Waals surface area (Å²) in [4.78, 5) is 0. The van der Waals surface area contributed by atoms with Crippen molar-refractivity contribution < 1.29 is 9.47 Å². The van der Waals surface area contributed by atoms with Crippen molar-refractivity contribution in [2.24, 2.45) is 5.92 Å². The fourth-order valence-electron chi connectivity index (χ4n) is 2.25. The molecular weight excluding hydrogens is 190 g/mol. The standard InChI is InChI=1S/C12H25NO2/c1-10(6-8-14-3)12(13-2)9-11-5-4-7-15-11/h10-13H,4-9H2,1-3H3. The Labute approximate surface area is 93.5 Å². The van der Waals surface area contributed by atoms with Crippen LogP contribution in [0.4, 0.5) is 0 Å². The molecule has 15 heavy (non-hydrogen) atoms.